The molecular formula is C18H19N3OS. The van der Waals surface area contributed by atoms with Gasteiger partial charge in [0.1, 0.15) is 0 Å². The predicted octanol–water partition coefficient (Wildman–Crippen LogP) is 4.04. The normalized spacial score (nSPS) is 12.1. The maximum absolute atomic E-state index is 12.2. The van der Waals surface area contributed by atoms with E-state index < -0.39 is 0 Å². The highest BCUT2D eigenvalue weighted by molar-refractivity contribution is 7.08. The van der Waals surface area contributed by atoms with Gasteiger partial charge in [0.15, 0.2) is 0 Å². The first-order valence-electron chi connectivity index (χ1n) is 7.51. The van der Waals surface area contributed by atoms with Gasteiger partial charge in [0.2, 0.25) is 0 Å². The monoisotopic (exact) mass is 325 g/mol. The number of hydrogen-bond donors (Lipinski definition) is 1. The van der Waals surface area contributed by atoms with Crippen LogP contribution in [0.5, 0.6) is 0 Å². The van der Waals surface area contributed by atoms with E-state index in [-0.39, 0.29) is 11.9 Å². The molecule has 118 valence electrons. The molecule has 0 aliphatic carbocycles. The molecule has 0 spiro atoms. The number of benzene rings is 1. The molecule has 1 amide bonds. The molecule has 5 heteroatoms. The summed E-state index contributed by atoms with van der Waals surface area (Å²) in [5.41, 5.74) is 4.99. The van der Waals surface area contributed by atoms with Gasteiger partial charge in [-0.2, -0.15) is 16.4 Å². The third-order valence-corrected chi connectivity index (χ3v) is 4.67. The van der Waals surface area contributed by atoms with E-state index in [9.17, 15) is 4.79 Å². The first kappa shape index (κ1) is 15.5. The Kier molecular flexibility index (Phi) is 4.30. The van der Waals surface area contributed by atoms with Gasteiger partial charge in [0.25, 0.3) is 5.91 Å². The van der Waals surface area contributed by atoms with Crippen LogP contribution in [0.3, 0.4) is 0 Å². The van der Waals surface area contributed by atoms with Crippen molar-refractivity contribution in [1.29, 1.82) is 0 Å². The molecule has 1 atom stereocenters. The zero-order valence-corrected chi connectivity index (χ0v) is 14.2. The Morgan fingerprint density at radius 2 is 2.04 bits per heavy atom. The van der Waals surface area contributed by atoms with Gasteiger partial charge in [-0.3, -0.25) is 4.79 Å². The fourth-order valence-electron chi connectivity index (χ4n) is 2.64. The molecule has 0 saturated heterocycles. The summed E-state index contributed by atoms with van der Waals surface area (Å²) in [4.78, 5) is 12.2. The molecule has 0 saturated carbocycles. The number of aromatic nitrogens is 2. The van der Waals surface area contributed by atoms with Gasteiger partial charge in [-0.1, -0.05) is 18.2 Å². The van der Waals surface area contributed by atoms with Gasteiger partial charge < -0.3 is 5.32 Å². The minimum Gasteiger partial charge on any atom is -0.345 e. The average molecular weight is 325 g/mol. The summed E-state index contributed by atoms with van der Waals surface area (Å²) >= 11 is 1.52. The first-order chi connectivity index (χ1) is 11.1. The number of carbonyl (C=O) groups excluding carboxylic acids is 1. The fourth-order valence-corrected chi connectivity index (χ4v) is 3.28. The third kappa shape index (κ3) is 3.05. The van der Waals surface area contributed by atoms with Crippen molar-refractivity contribution in [3.05, 3.63) is 69.7 Å². The average Bonchev–Trinajstić information content (AvgIpc) is 3.17. The third-order valence-electron chi connectivity index (χ3n) is 3.99. The Hall–Kier alpha value is -2.40. The lowest BCUT2D eigenvalue weighted by atomic mass is 10.1. The number of nitrogens with zero attached hydrogens (tertiary/aromatic N) is 2. The van der Waals surface area contributed by atoms with Crippen LogP contribution in [0.2, 0.25) is 0 Å². The van der Waals surface area contributed by atoms with Gasteiger partial charge in [-0.05, 0) is 43.8 Å². The lowest BCUT2D eigenvalue weighted by Gasteiger charge is -2.14. The predicted molar refractivity (Wildman–Crippen MR) is 93.2 cm³/mol. The summed E-state index contributed by atoms with van der Waals surface area (Å²) in [6, 6.07) is 9.87. The fraction of sp³-hybridized carbons (Fsp3) is 0.222. The van der Waals surface area contributed by atoms with Crippen LogP contribution in [0.25, 0.3) is 5.69 Å². The standard InChI is InChI=1S/C18H19N3OS/c1-12-6-4-5-7-17(12)21-14(3)16(10-19-21)13(2)20-18(22)15-8-9-23-11-15/h4-11,13H,1-3H3,(H,20,22)/t13-/m0/s1. The van der Waals surface area contributed by atoms with E-state index >= 15 is 0 Å². The summed E-state index contributed by atoms with van der Waals surface area (Å²) in [5, 5.41) is 11.3. The highest BCUT2D eigenvalue weighted by atomic mass is 32.1. The van der Waals surface area contributed by atoms with Gasteiger partial charge in [0.05, 0.1) is 23.5 Å². The van der Waals surface area contributed by atoms with E-state index in [1.165, 1.54) is 16.9 Å². The SMILES string of the molecule is Cc1ccccc1-n1ncc([C@H](C)NC(=O)c2ccsc2)c1C. The van der Waals surface area contributed by atoms with Crippen molar-refractivity contribution in [3.63, 3.8) is 0 Å². The van der Waals surface area contributed by atoms with Crippen LogP contribution in [0.1, 0.15) is 40.1 Å². The molecule has 0 aliphatic rings. The molecule has 1 aromatic carbocycles. The van der Waals surface area contributed by atoms with Crippen molar-refractivity contribution in [3.8, 4) is 5.69 Å². The maximum atomic E-state index is 12.2. The van der Waals surface area contributed by atoms with Gasteiger partial charge >= 0.3 is 0 Å². The van der Waals surface area contributed by atoms with Crippen LogP contribution >= 0.6 is 11.3 Å². The topological polar surface area (TPSA) is 46.9 Å². The van der Waals surface area contributed by atoms with E-state index in [0.717, 1.165) is 16.9 Å². The van der Waals surface area contributed by atoms with Crippen LogP contribution in [0.15, 0.2) is 47.3 Å². The quantitative estimate of drug-likeness (QED) is 0.787. The summed E-state index contributed by atoms with van der Waals surface area (Å²) in [6.07, 6.45) is 1.83. The number of hydrogen-bond acceptors (Lipinski definition) is 3. The van der Waals surface area contributed by atoms with Crippen molar-refractivity contribution < 1.29 is 4.79 Å². The summed E-state index contributed by atoms with van der Waals surface area (Å²) < 4.78 is 1.93. The Labute approximate surface area is 139 Å². The largest absolute Gasteiger partial charge is 0.345 e. The molecule has 2 heterocycles. The molecule has 0 unspecified atom stereocenters. The lowest BCUT2D eigenvalue weighted by Crippen LogP contribution is -2.26. The molecule has 2 aromatic heterocycles. The number of aryl methyl sites for hydroxylation is 1. The number of para-hydroxylation sites is 1. The Balaban J connectivity index is 1.84. The van der Waals surface area contributed by atoms with Crippen LogP contribution in [-0.4, -0.2) is 15.7 Å². The lowest BCUT2D eigenvalue weighted by molar-refractivity contribution is 0.0940. The maximum Gasteiger partial charge on any atom is 0.252 e. The number of amides is 1. The van der Waals surface area contributed by atoms with Crippen molar-refractivity contribution in [2.24, 2.45) is 0 Å². The minimum atomic E-state index is -0.0971. The van der Waals surface area contributed by atoms with Crippen molar-refractivity contribution in [1.82, 2.24) is 15.1 Å². The van der Waals surface area contributed by atoms with Crippen molar-refractivity contribution in [2.45, 2.75) is 26.8 Å². The summed E-state index contributed by atoms with van der Waals surface area (Å²) in [5.74, 6) is -0.0539. The van der Waals surface area contributed by atoms with E-state index in [1.54, 1.807) is 0 Å². The van der Waals surface area contributed by atoms with Crippen LogP contribution in [0, 0.1) is 13.8 Å². The van der Waals surface area contributed by atoms with Crippen molar-refractivity contribution >= 4 is 17.2 Å². The summed E-state index contributed by atoms with van der Waals surface area (Å²) in [7, 11) is 0. The van der Waals surface area contributed by atoms with Gasteiger partial charge in [-0.25, -0.2) is 4.68 Å². The number of thiophene rings is 1. The molecule has 0 fully saturated rings. The number of carbonyl (C=O) groups is 1. The second kappa shape index (κ2) is 6.38. The van der Waals surface area contributed by atoms with Gasteiger partial charge in [0, 0.05) is 16.6 Å². The number of rotatable bonds is 4. The first-order valence-corrected chi connectivity index (χ1v) is 8.46. The zero-order chi connectivity index (χ0) is 16.4. The van der Waals surface area contributed by atoms with Crippen LogP contribution < -0.4 is 5.32 Å². The second-order valence-corrected chi connectivity index (χ2v) is 6.37. The molecule has 3 aromatic rings. The Bertz CT molecular complexity index is 821. The van der Waals surface area contributed by atoms with E-state index in [1.807, 2.05) is 59.8 Å². The highest BCUT2D eigenvalue weighted by Crippen LogP contribution is 2.22. The minimum absolute atomic E-state index is 0.0539. The second-order valence-electron chi connectivity index (χ2n) is 5.59. The molecule has 0 radical (unpaired) electrons. The molecule has 23 heavy (non-hydrogen) atoms. The molecule has 0 bridgehead atoms. The van der Waals surface area contributed by atoms with Crippen molar-refractivity contribution in [2.75, 3.05) is 0 Å². The molecule has 1 N–H and O–H groups in total. The van der Waals surface area contributed by atoms with Crippen LogP contribution in [0.4, 0.5) is 0 Å². The molecular weight excluding hydrogens is 306 g/mol. The van der Waals surface area contributed by atoms with E-state index in [2.05, 4.69) is 23.4 Å². The highest BCUT2D eigenvalue weighted by Gasteiger charge is 2.17. The molecule has 3 rings (SSSR count). The Morgan fingerprint density at radius 1 is 1.26 bits per heavy atom. The number of nitrogens with one attached hydrogen (secondary N) is 1. The zero-order valence-electron chi connectivity index (χ0n) is 13.4. The van der Waals surface area contributed by atoms with E-state index in [4.69, 9.17) is 0 Å². The Morgan fingerprint density at radius 3 is 2.74 bits per heavy atom. The molecule has 4 nitrogen and oxygen atoms in total. The van der Waals surface area contributed by atoms with Gasteiger partial charge in [-0.15, -0.1) is 0 Å². The molecule has 0 aliphatic heterocycles. The van der Waals surface area contributed by atoms with E-state index in [0.29, 0.717) is 5.56 Å². The summed E-state index contributed by atoms with van der Waals surface area (Å²) in [6.45, 7) is 6.08. The smallest absolute Gasteiger partial charge is 0.252 e. The van der Waals surface area contributed by atoms with Crippen LogP contribution in [-0.2, 0) is 0 Å².